The molecule has 24 heavy (non-hydrogen) atoms. The van der Waals surface area contributed by atoms with Crippen LogP contribution in [0.5, 0.6) is 5.75 Å². The van der Waals surface area contributed by atoms with Gasteiger partial charge in [-0.15, -0.1) is 0 Å². The van der Waals surface area contributed by atoms with Crippen molar-refractivity contribution in [1.82, 2.24) is 4.72 Å². The molecule has 0 aliphatic heterocycles. The monoisotopic (exact) mass is 353 g/mol. The van der Waals surface area contributed by atoms with Crippen LogP contribution in [0.4, 0.5) is 4.39 Å². The molecule has 2 rings (SSSR count). The van der Waals surface area contributed by atoms with Crippen LogP contribution >= 0.6 is 0 Å². The standard InChI is InChI=1S/C17H20FNO4S/c1-12-3-8-16(23-2)17(11-12)24(21,22)19-10-9-15(20)13-4-6-14(18)7-5-13/h3-8,11,15,19-20H,9-10H2,1-2H3. The molecule has 1 atom stereocenters. The Bertz CT molecular complexity index is 791. The van der Waals surface area contributed by atoms with Crippen molar-refractivity contribution in [3.63, 3.8) is 0 Å². The van der Waals surface area contributed by atoms with E-state index in [-0.39, 0.29) is 23.6 Å². The maximum absolute atomic E-state index is 12.9. The van der Waals surface area contributed by atoms with Gasteiger partial charge in [0.05, 0.1) is 13.2 Å². The van der Waals surface area contributed by atoms with Gasteiger partial charge in [0.1, 0.15) is 16.5 Å². The van der Waals surface area contributed by atoms with Crippen molar-refractivity contribution < 1.29 is 22.7 Å². The van der Waals surface area contributed by atoms with Gasteiger partial charge in [0, 0.05) is 6.54 Å². The molecule has 0 fully saturated rings. The van der Waals surface area contributed by atoms with Crippen LogP contribution in [-0.4, -0.2) is 27.2 Å². The Morgan fingerprint density at radius 1 is 1.21 bits per heavy atom. The van der Waals surface area contributed by atoms with Crippen LogP contribution < -0.4 is 9.46 Å². The van der Waals surface area contributed by atoms with Gasteiger partial charge in [-0.1, -0.05) is 18.2 Å². The molecule has 0 heterocycles. The van der Waals surface area contributed by atoms with E-state index < -0.39 is 21.9 Å². The zero-order valence-electron chi connectivity index (χ0n) is 13.5. The van der Waals surface area contributed by atoms with Crippen molar-refractivity contribution in [2.24, 2.45) is 0 Å². The van der Waals surface area contributed by atoms with E-state index in [0.29, 0.717) is 5.56 Å². The molecular weight excluding hydrogens is 333 g/mol. The van der Waals surface area contributed by atoms with Crippen LogP contribution in [0, 0.1) is 12.7 Å². The van der Waals surface area contributed by atoms with E-state index >= 15 is 0 Å². The SMILES string of the molecule is COc1ccc(C)cc1S(=O)(=O)NCCC(O)c1ccc(F)cc1. The zero-order valence-corrected chi connectivity index (χ0v) is 14.3. The number of nitrogens with one attached hydrogen (secondary N) is 1. The Hall–Kier alpha value is -1.96. The molecule has 2 N–H and O–H groups in total. The second-order valence-corrected chi connectivity index (χ2v) is 7.14. The lowest BCUT2D eigenvalue weighted by atomic mass is 10.1. The average Bonchev–Trinajstić information content (AvgIpc) is 2.55. The van der Waals surface area contributed by atoms with Crippen LogP contribution in [0.15, 0.2) is 47.4 Å². The van der Waals surface area contributed by atoms with Crippen molar-refractivity contribution in [3.8, 4) is 5.75 Å². The molecule has 130 valence electrons. The minimum absolute atomic E-state index is 0.0397. The Morgan fingerprint density at radius 3 is 2.50 bits per heavy atom. The van der Waals surface area contributed by atoms with E-state index in [1.807, 2.05) is 0 Å². The molecule has 0 aliphatic carbocycles. The van der Waals surface area contributed by atoms with E-state index in [2.05, 4.69) is 4.72 Å². The Labute approximate surface area is 141 Å². The fourth-order valence-corrected chi connectivity index (χ4v) is 3.55. The molecule has 0 saturated heterocycles. The number of benzene rings is 2. The summed E-state index contributed by atoms with van der Waals surface area (Å²) in [5, 5.41) is 10.0. The van der Waals surface area contributed by atoms with Crippen molar-refractivity contribution >= 4 is 10.0 Å². The highest BCUT2D eigenvalue weighted by molar-refractivity contribution is 7.89. The summed E-state index contributed by atoms with van der Waals surface area (Å²) in [5.41, 5.74) is 1.33. The van der Waals surface area contributed by atoms with E-state index in [9.17, 15) is 17.9 Å². The minimum Gasteiger partial charge on any atom is -0.495 e. The number of rotatable bonds is 7. The number of hydrogen-bond acceptors (Lipinski definition) is 4. The second-order valence-electron chi connectivity index (χ2n) is 5.41. The summed E-state index contributed by atoms with van der Waals surface area (Å²) in [7, 11) is -2.35. The molecule has 0 aliphatic rings. The molecule has 0 spiro atoms. The fraction of sp³-hybridized carbons (Fsp3) is 0.294. The number of aryl methyl sites for hydroxylation is 1. The molecule has 2 aromatic rings. The first-order chi connectivity index (χ1) is 11.3. The highest BCUT2D eigenvalue weighted by Crippen LogP contribution is 2.24. The summed E-state index contributed by atoms with van der Waals surface area (Å²) in [4.78, 5) is 0.0567. The van der Waals surface area contributed by atoms with Gasteiger partial charge in [0.2, 0.25) is 10.0 Å². The van der Waals surface area contributed by atoms with Crippen LogP contribution in [0.3, 0.4) is 0 Å². The molecular formula is C17H20FNO4S. The first-order valence-electron chi connectivity index (χ1n) is 7.41. The summed E-state index contributed by atoms with van der Waals surface area (Å²) in [6.45, 7) is 1.83. The highest BCUT2D eigenvalue weighted by Gasteiger charge is 2.20. The molecule has 5 nitrogen and oxygen atoms in total. The molecule has 0 radical (unpaired) electrons. The predicted octanol–water partition coefficient (Wildman–Crippen LogP) is 2.54. The maximum Gasteiger partial charge on any atom is 0.244 e. The molecule has 0 amide bonds. The number of hydrogen-bond donors (Lipinski definition) is 2. The topological polar surface area (TPSA) is 75.6 Å². The van der Waals surface area contributed by atoms with Gasteiger partial charge in [0.15, 0.2) is 0 Å². The van der Waals surface area contributed by atoms with Crippen molar-refractivity contribution in [3.05, 3.63) is 59.4 Å². The predicted molar refractivity (Wildman–Crippen MR) is 88.9 cm³/mol. The molecule has 7 heteroatoms. The van der Waals surface area contributed by atoms with Gasteiger partial charge in [0.25, 0.3) is 0 Å². The Balaban J connectivity index is 2.03. The molecule has 0 bridgehead atoms. The van der Waals surface area contributed by atoms with E-state index in [1.54, 1.807) is 19.1 Å². The van der Waals surface area contributed by atoms with Gasteiger partial charge >= 0.3 is 0 Å². The van der Waals surface area contributed by atoms with E-state index in [1.165, 1.54) is 37.4 Å². The summed E-state index contributed by atoms with van der Waals surface area (Å²) in [6, 6.07) is 10.3. The van der Waals surface area contributed by atoms with E-state index in [4.69, 9.17) is 4.74 Å². The Kier molecular flexibility index (Phi) is 5.93. The average molecular weight is 353 g/mol. The number of halogens is 1. The van der Waals surface area contributed by atoms with E-state index in [0.717, 1.165) is 5.56 Å². The quantitative estimate of drug-likeness (QED) is 0.802. The fourth-order valence-electron chi connectivity index (χ4n) is 2.25. The molecule has 2 aromatic carbocycles. The normalized spacial score (nSPS) is 12.8. The third kappa shape index (κ3) is 4.53. The number of ether oxygens (including phenoxy) is 1. The van der Waals surface area contributed by atoms with Gasteiger partial charge < -0.3 is 9.84 Å². The highest BCUT2D eigenvalue weighted by atomic mass is 32.2. The number of aliphatic hydroxyl groups excluding tert-OH is 1. The molecule has 0 aromatic heterocycles. The van der Waals surface area contributed by atoms with Gasteiger partial charge in [-0.3, -0.25) is 0 Å². The minimum atomic E-state index is -3.76. The van der Waals surface area contributed by atoms with Crippen molar-refractivity contribution in [2.75, 3.05) is 13.7 Å². The van der Waals surface area contributed by atoms with Gasteiger partial charge in [-0.05, 0) is 48.7 Å². The van der Waals surface area contributed by atoms with Gasteiger partial charge in [-0.25, -0.2) is 17.5 Å². The molecule has 1 unspecified atom stereocenters. The summed E-state index contributed by atoms with van der Waals surface area (Å²) in [5.74, 6) is -0.134. The van der Waals surface area contributed by atoms with Crippen molar-refractivity contribution in [2.45, 2.75) is 24.3 Å². The van der Waals surface area contributed by atoms with Crippen molar-refractivity contribution in [1.29, 1.82) is 0 Å². The Morgan fingerprint density at radius 2 is 1.88 bits per heavy atom. The van der Waals surface area contributed by atoms with Crippen LogP contribution in [0.1, 0.15) is 23.7 Å². The lowest BCUT2D eigenvalue weighted by Crippen LogP contribution is -2.26. The number of sulfonamides is 1. The number of aliphatic hydroxyl groups is 1. The third-order valence-electron chi connectivity index (χ3n) is 3.57. The van der Waals surface area contributed by atoms with Crippen LogP contribution in [0.25, 0.3) is 0 Å². The second kappa shape index (κ2) is 7.74. The molecule has 0 saturated carbocycles. The third-order valence-corrected chi connectivity index (χ3v) is 5.06. The van der Waals surface area contributed by atoms with Gasteiger partial charge in [-0.2, -0.15) is 0 Å². The smallest absolute Gasteiger partial charge is 0.244 e. The summed E-state index contributed by atoms with van der Waals surface area (Å²) >= 11 is 0. The largest absolute Gasteiger partial charge is 0.495 e. The van der Waals surface area contributed by atoms with Crippen LogP contribution in [0.2, 0.25) is 0 Å². The summed E-state index contributed by atoms with van der Waals surface area (Å²) in [6.07, 6.45) is -0.716. The maximum atomic E-state index is 12.9. The zero-order chi connectivity index (χ0) is 17.7. The summed E-state index contributed by atoms with van der Waals surface area (Å²) < 4.78 is 45.2. The lowest BCUT2D eigenvalue weighted by Gasteiger charge is -2.14. The number of methoxy groups -OCH3 is 1. The lowest BCUT2D eigenvalue weighted by molar-refractivity contribution is 0.169. The first kappa shape index (κ1) is 18.4. The van der Waals surface area contributed by atoms with Crippen LogP contribution in [-0.2, 0) is 10.0 Å². The first-order valence-corrected chi connectivity index (χ1v) is 8.89.